The van der Waals surface area contributed by atoms with E-state index < -0.39 is 12.0 Å². The molecule has 0 spiro atoms. The Hall–Kier alpha value is -2.24. The van der Waals surface area contributed by atoms with E-state index in [4.69, 9.17) is 15.2 Å². The molecule has 2 amide bonds. The van der Waals surface area contributed by atoms with Crippen LogP contribution in [0.5, 0.6) is 11.5 Å². The van der Waals surface area contributed by atoms with Crippen molar-refractivity contribution in [3.05, 3.63) is 18.2 Å². The molecule has 0 fully saturated rings. The lowest BCUT2D eigenvalue weighted by Gasteiger charge is -2.14. The topological polar surface area (TPSA) is 90.6 Å². The van der Waals surface area contributed by atoms with E-state index in [1.807, 2.05) is 0 Å². The van der Waals surface area contributed by atoms with Crippen molar-refractivity contribution in [3.63, 3.8) is 0 Å². The largest absolute Gasteiger partial charge is 0.487 e. The third-order valence-electron chi connectivity index (χ3n) is 2.50. The Bertz CT molecular complexity index is 487. The molecular weight excluding hydrogens is 236 g/mol. The van der Waals surface area contributed by atoms with Crippen LogP contribution < -0.4 is 20.5 Å². The second kappa shape index (κ2) is 4.95. The number of carbonyl (C=O) groups is 2. The molecule has 1 unspecified atom stereocenters. The predicted octanol–water partition coefficient (Wildman–Crippen LogP) is 0.660. The Kier molecular flexibility index (Phi) is 3.36. The van der Waals surface area contributed by atoms with Gasteiger partial charge in [-0.05, 0) is 12.1 Å². The normalized spacial score (nSPS) is 17.7. The van der Waals surface area contributed by atoms with E-state index in [1.54, 1.807) is 18.2 Å². The molecule has 18 heavy (non-hydrogen) atoms. The summed E-state index contributed by atoms with van der Waals surface area (Å²) in [6.07, 6.45) is -0.331. The standard InChI is InChI=1S/C12H14N2O4/c1-7(15)14-8-3-2-4-9-11(8)17-6-5-10(18-9)12(13)16/h2-4,10H,5-6H2,1H3,(H2,13,16)(H,14,15). The Morgan fingerprint density at radius 2 is 2.22 bits per heavy atom. The van der Waals surface area contributed by atoms with Gasteiger partial charge in [-0.2, -0.15) is 0 Å². The van der Waals surface area contributed by atoms with E-state index in [0.717, 1.165) is 0 Å². The molecule has 1 heterocycles. The lowest BCUT2D eigenvalue weighted by Crippen LogP contribution is -2.33. The molecule has 3 N–H and O–H groups in total. The zero-order valence-electron chi connectivity index (χ0n) is 9.93. The molecular formula is C12H14N2O4. The zero-order valence-corrected chi connectivity index (χ0v) is 9.93. The molecule has 2 rings (SSSR count). The number of hydrogen-bond acceptors (Lipinski definition) is 4. The number of ether oxygens (including phenoxy) is 2. The number of nitrogens with one attached hydrogen (secondary N) is 1. The van der Waals surface area contributed by atoms with Crippen LogP contribution in [0.4, 0.5) is 5.69 Å². The fourth-order valence-electron chi connectivity index (χ4n) is 1.73. The maximum absolute atomic E-state index is 11.2. The van der Waals surface area contributed by atoms with Crippen LogP contribution in [0.1, 0.15) is 13.3 Å². The molecule has 0 aromatic heterocycles. The van der Waals surface area contributed by atoms with Gasteiger partial charge >= 0.3 is 0 Å². The number of para-hydroxylation sites is 1. The van der Waals surface area contributed by atoms with Gasteiger partial charge in [-0.1, -0.05) is 6.07 Å². The Balaban J connectivity index is 2.33. The summed E-state index contributed by atoms with van der Waals surface area (Å²) in [4.78, 5) is 22.2. The maximum Gasteiger partial charge on any atom is 0.258 e. The summed E-state index contributed by atoms with van der Waals surface area (Å²) in [6, 6.07) is 5.08. The van der Waals surface area contributed by atoms with Gasteiger partial charge in [-0.15, -0.1) is 0 Å². The van der Waals surface area contributed by atoms with Crippen LogP contribution in [-0.2, 0) is 9.59 Å². The predicted molar refractivity (Wildman–Crippen MR) is 64.5 cm³/mol. The third-order valence-corrected chi connectivity index (χ3v) is 2.50. The first-order valence-electron chi connectivity index (χ1n) is 5.57. The maximum atomic E-state index is 11.2. The van der Waals surface area contributed by atoms with E-state index in [9.17, 15) is 9.59 Å². The highest BCUT2D eigenvalue weighted by atomic mass is 16.5. The minimum Gasteiger partial charge on any atom is -0.487 e. The van der Waals surface area contributed by atoms with Gasteiger partial charge in [-0.3, -0.25) is 9.59 Å². The lowest BCUT2D eigenvalue weighted by molar-refractivity contribution is -0.124. The first-order valence-corrected chi connectivity index (χ1v) is 5.57. The Morgan fingerprint density at radius 3 is 2.89 bits per heavy atom. The summed E-state index contributed by atoms with van der Waals surface area (Å²) in [6.45, 7) is 1.71. The zero-order chi connectivity index (χ0) is 13.1. The first kappa shape index (κ1) is 12.2. The second-order valence-corrected chi connectivity index (χ2v) is 3.96. The number of primary amides is 1. The van der Waals surface area contributed by atoms with Crippen LogP contribution >= 0.6 is 0 Å². The average Bonchev–Trinajstić information content (AvgIpc) is 2.51. The van der Waals surface area contributed by atoms with Crippen molar-refractivity contribution in [2.45, 2.75) is 19.4 Å². The molecule has 1 aliphatic rings. The Morgan fingerprint density at radius 1 is 1.44 bits per heavy atom. The summed E-state index contributed by atoms with van der Waals surface area (Å²) in [5.74, 6) is 0.0954. The minimum atomic E-state index is -0.709. The molecule has 6 heteroatoms. The molecule has 0 saturated heterocycles. The van der Waals surface area contributed by atoms with Gasteiger partial charge in [0.05, 0.1) is 12.3 Å². The summed E-state index contributed by atoms with van der Waals surface area (Å²) in [5, 5.41) is 2.64. The van der Waals surface area contributed by atoms with Crippen molar-refractivity contribution in [1.82, 2.24) is 0 Å². The van der Waals surface area contributed by atoms with Gasteiger partial charge < -0.3 is 20.5 Å². The van der Waals surface area contributed by atoms with Crippen LogP contribution in [0, 0.1) is 0 Å². The van der Waals surface area contributed by atoms with Gasteiger partial charge in [0.15, 0.2) is 17.6 Å². The minimum absolute atomic E-state index is 0.206. The lowest BCUT2D eigenvalue weighted by atomic mass is 10.2. The SMILES string of the molecule is CC(=O)Nc1cccc2c1OCCC(C(N)=O)O2. The van der Waals surface area contributed by atoms with Crippen LogP contribution in [0.3, 0.4) is 0 Å². The number of anilines is 1. The van der Waals surface area contributed by atoms with Crippen LogP contribution in [0.25, 0.3) is 0 Å². The number of carbonyl (C=O) groups excluding carboxylic acids is 2. The van der Waals surface area contributed by atoms with Crippen molar-refractivity contribution < 1.29 is 19.1 Å². The van der Waals surface area contributed by atoms with Crippen molar-refractivity contribution in [1.29, 1.82) is 0 Å². The molecule has 0 radical (unpaired) electrons. The second-order valence-electron chi connectivity index (χ2n) is 3.96. The van der Waals surface area contributed by atoms with Gasteiger partial charge in [0, 0.05) is 13.3 Å². The highest BCUT2D eigenvalue weighted by Crippen LogP contribution is 2.37. The smallest absolute Gasteiger partial charge is 0.258 e. The fourth-order valence-corrected chi connectivity index (χ4v) is 1.73. The fraction of sp³-hybridized carbons (Fsp3) is 0.333. The number of amides is 2. The van der Waals surface area contributed by atoms with E-state index in [2.05, 4.69) is 5.32 Å². The number of fused-ring (bicyclic) bond motifs is 1. The van der Waals surface area contributed by atoms with Crippen molar-refractivity contribution in [2.75, 3.05) is 11.9 Å². The van der Waals surface area contributed by atoms with Gasteiger partial charge in [0.2, 0.25) is 5.91 Å². The summed E-state index contributed by atoms with van der Waals surface area (Å²) < 4.78 is 11.0. The van der Waals surface area contributed by atoms with Crippen LogP contribution in [-0.4, -0.2) is 24.5 Å². The molecule has 0 bridgehead atoms. The van der Waals surface area contributed by atoms with Gasteiger partial charge in [0.1, 0.15) is 0 Å². The molecule has 0 aliphatic carbocycles. The van der Waals surface area contributed by atoms with E-state index in [-0.39, 0.29) is 5.91 Å². The third kappa shape index (κ3) is 2.53. The van der Waals surface area contributed by atoms with Crippen molar-refractivity contribution in [2.24, 2.45) is 5.73 Å². The number of hydrogen-bond donors (Lipinski definition) is 2. The molecule has 1 aromatic rings. The van der Waals surface area contributed by atoms with Crippen molar-refractivity contribution in [3.8, 4) is 11.5 Å². The first-order chi connectivity index (χ1) is 8.58. The van der Waals surface area contributed by atoms with E-state index >= 15 is 0 Å². The molecule has 0 saturated carbocycles. The van der Waals surface area contributed by atoms with Gasteiger partial charge in [0.25, 0.3) is 5.91 Å². The number of nitrogens with two attached hydrogens (primary N) is 1. The van der Waals surface area contributed by atoms with E-state index in [0.29, 0.717) is 30.2 Å². The number of rotatable bonds is 2. The van der Waals surface area contributed by atoms with E-state index in [1.165, 1.54) is 6.92 Å². The molecule has 6 nitrogen and oxygen atoms in total. The van der Waals surface area contributed by atoms with Crippen LogP contribution in [0.15, 0.2) is 18.2 Å². The summed E-state index contributed by atoms with van der Waals surface area (Å²) >= 11 is 0. The Labute approximate surface area is 104 Å². The van der Waals surface area contributed by atoms with Gasteiger partial charge in [-0.25, -0.2) is 0 Å². The summed E-state index contributed by atoms with van der Waals surface area (Å²) in [5.41, 5.74) is 5.74. The highest BCUT2D eigenvalue weighted by molar-refractivity contribution is 5.91. The quantitative estimate of drug-likeness (QED) is 0.806. The highest BCUT2D eigenvalue weighted by Gasteiger charge is 2.24. The summed E-state index contributed by atoms with van der Waals surface area (Å²) in [7, 11) is 0. The number of benzene rings is 1. The molecule has 1 atom stereocenters. The molecule has 1 aromatic carbocycles. The average molecular weight is 250 g/mol. The van der Waals surface area contributed by atoms with Crippen molar-refractivity contribution >= 4 is 17.5 Å². The van der Waals surface area contributed by atoms with Crippen LogP contribution in [0.2, 0.25) is 0 Å². The monoisotopic (exact) mass is 250 g/mol. The molecule has 96 valence electrons. The molecule has 1 aliphatic heterocycles.